The van der Waals surface area contributed by atoms with E-state index in [1.807, 2.05) is 37.3 Å². The van der Waals surface area contributed by atoms with Crippen LogP contribution in [0.25, 0.3) is 0 Å². The van der Waals surface area contributed by atoms with Crippen molar-refractivity contribution in [1.29, 1.82) is 5.26 Å². The van der Waals surface area contributed by atoms with Crippen LogP contribution in [-0.4, -0.2) is 0 Å². The SMILES string of the molecule is CCC(C)(C)c1ccc(Oc2ccc(C)cc2C#N)cc1. The van der Waals surface area contributed by atoms with E-state index in [9.17, 15) is 5.26 Å². The maximum atomic E-state index is 9.17. The van der Waals surface area contributed by atoms with E-state index in [0.29, 0.717) is 11.3 Å². The summed E-state index contributed by atoms with van der Waals surface area (Å²) in [7, 11) is 0. The zero-order chi connectivity index (χ0) is 15.5. The molecule has 0 N–H and O–H groups in total. The molecule has 2 nitrogen and oxygen atoms in total. The van der Waals surface area contributed by atoms with E-state index in [1.54, 1.807) is 0 Å². The summed E-state index contributed by atoms with van der Waals surface area (Å²) in [6, 6.07) is 15.9. The number of nitrogens with zero attached hydrogens (tertiary/aromatic N) is 1. The minimum atomic E-state index is 0.167. The molecule has 0 unspecified atom stereocenters. The molecule has 0 radical (unpaired) electrons. The number of hydrogen-bond donors (Lipinski definition) is 0. The summed E-state index contributed by atoms with van der Waals surface area (Å²) >= 11 is 0. The number of ether oxygens (including phenoxy) is 1. The lowest BCUT2D eigenvalue weighted by atomic mass is 9.82. The van der Waals surface area contributed by atoms with Gasteiger partial charge in [-0.2, -0.15) is 5.26 Å². The number of aryl methyl sites for hydroxylation is 1. The van der Waals surface area contributed by atoms with Gasteiger partial charge in [0, 0.05) is 0 Å². The van der Waals surface area contributed by atoms with Gasteiger partial charge in [0.25, 0.3) is 0 Å². The van der Waals surface area contributed by atoms with Crippen molar-refractivity contribution in [3.05, 3.63) is 59.2 Å². The largest absolute Gasteiger partial charge is 0.456 e. The lowest BCUT2D eigenvalue weighted by Gasteiger charge is -2.23. The van der Waals surface area contributed by atoms with Crippen molar-refractivity contribution in [3.8, 4) is 17.6 Å². The zero-order valence-electron chi connectivity index (χ0n) is 13.1. The van der Waals surface area contributed by atoms with Gasteiger partial charge in [0.2, 0.25) is 0 Å². The molecule has 108 valence electrons. The molecule has 0 aromatic heterocycles. The van der Waals surface area contributed by atoms with Gasteiger partial charge in [0.05, 0.1) is 5.56 Å². The molecule has 2 aromatic rings. The van der Waals surface area contributed by atoms with Gasteiger partial charge < -0.3 is 4.74 Å². The highest BCUT2D eigenvalue weighted by Crippen LogP contribution is 2.30. The Morgan fingerprint density at radius 1 is 1.10 bits per heavy atom. The Hall–Kier alpha value is -2.27. The topological polar surface area (TPSA) is 33.0 Å². The van der Waals surface area contributed by atoms with Gasteiger partial charge in [-0.15, -0.1) is 0 Å². The Labute approximate surface area is 127 Å². The highest BCUT2D eigenvalue weighted by atomic mass is 16.5. The second-order valence-electron chi connectivity index (χ2n) is 5.98. The lowest BCUT2D eigenvalue weighted by Crippen LogP contribution is -2.14. The predicted octanol–water partition coefficient (Wildman–Crippen LogP) is 5.35. The number of hydrogen-bond acceptors (Lipinski definition) is 2. The zero-order valence-corrected chi connectivity index (χ0v) is 13.1. The van der Waals surface area contributed by atoms with E-state index < -0.39 is 0 Å². The van der Waals surface area contributed by atoms with E-state index in [0.717, 1.165) is 17.7 Å². The molecule has 0 bridgehead atoms. The molecule has 0 aliphatic heterocycles. The molecule has 2 heteroatoms. The molecular formula is C19H21NO. The molecule has 0 fully saturated rings. The molecule has 0 saturated heterocycles. The van der Waals surface area contributed by atoms with Gasteiger partial charge in [-0.25, -0.2) is 0 Å². The molecule has 0 heterocycles. The Bertz CT molecular complexity index is 663. The maximum absolute atomic E-state index is 9.17. The van der Waals surface area contributed by atoms with E-state index in [2.05, 4.69) is 39.0 Å². The lowest BCUT2D eigenvalue weighted by molar-refractivity contribution is 0.476. The molecule has 0 aliphatic rings. The van der Waals surface area contributed by atoms with Gasteiger partial charge >= 0.3 is 0 Å². The highest BCUT2D eigenvalue weighted by molar-refractivity contribution is 5.47. The van der Waals surface area contributed by atoms with Crippen LogP contribution in [0.3, 0.4) is 0 Å². The first-order valence-corrected chi connectivity index (χ1v) is 7.25. The minimum absolute atomic E-state index is 0.167. The number of rotatable bonds is 4. The van der Waals surface area contributed by atoms with Gasteiger partial charge in [-0.1, -0.05) is 39.0 Å². The van der Waals surface area contributed by atoms with Crippen molar-refractivity contribution >= 4 is 0 Å². The molecule has 0 atom stereocenters. The predicted molar refractivity (Wildman–Crippen MR) is 85.7 cm³/mol. The van der Waals surface area contributed by atoms with Crippen molar-refractivity contribution in [3.63, 3.8) is 0 Å². The van der Waals surface area contributed by atoms with Crippen LogP contribution in [0, 0.1) is 18.3 Å². The van der Waals surface area contributed by atoms with Crippen LogP contribution in [-0.2, 0) is 5.41 Å². The molecule has 2 aromatic carbocycles. The van der Waals surface area contributed by atoms with Gasteiger partial charge in [0.15, 0.2) is 0 Å². The van der Waals surface area contributed by atoms with Crippen molar-refractivity contribution in [2.24, 2.45) is 0 Å². The summed E-state index contributed by atoms with van der Waals surface area (Å²) in [6.45, 7) is 8.62. The first-order valence-electron chi connectivity index (χ1n) is 7.25. The normalized spacial score (nSPS) is 11.0. The van der Waals surface area contributed by atoms with E-state index >= 15 is 0 Å². The van der Waals surface area contributed by atoms with Crippen molar-refractivity contribution in [2.45, 2.75) is 39.5 Å². The monoisotopic (exact) mass is 279 g/mol. The first-order chi connectivity index (χ1) is 9.96. The van der Waals surface area contributed by atoms with Crippen LogP contribution >= 0.6 is 0 Å². The average Bonchev–Trinajstić information content (AvgIpc) is 2.49. The van der Waals surface area contributed by atoms with Gasteiger partial charge in [-0.05, 0) is 54.2 Å². The average molecular weight is 279 g/mol. The summed E-state index contributed by atoms with van der Waals surface area (Å²) in [5, 5.41) is 9.17. The van der Waals surface area contributed by atoms with Gasteiger partial charge in [-0.3, -0.25) is 0 Å². The van der Waals surface area contributed by atoms with Gasteiger partial charge in [0.1, 0.15) is 17.6 Å². The number of nitriles is 1. The Morgan fingerprint density at radius 2 is 1.76 bits per heavy atom. The first kappa shape index (κ1) is 15.1. The molecule has 0 saturated carbocycles. The van der Waals surface area contributed by atoms with E-state index in [-0.39, 0.29) is 5.41 Å². The summed E-state index contributed by atoms with van der Waals surface area (Å²) in [5.74, 6) is 1.36. The molecule has 0 spiro atoms. The van der Waals surface area contributed by atoms with Crippen molar-refractivity contribution < 1.29 is 4.74 Å². The van der Waals surface area contributed by atoms with Crippen molar-refractivity contribution in [1.82, 2.24) is 0 Å². The molecule has 0 aliphatic carbocycles. The molecular weight excluding hydrogens is 258 g/mol. The van der Waals surface area contributed by atoms with Crippen molar-refractivity contribution in [2.75, 3.05) is 0 Å². The quantitative estimate of drug-likeness (QED) is 0.756. The fraction of sp³-hybridized carbons (Fsp3) is 0.316. The third kappa shape index (κ3) is 3.44. The minimum Gasteiger partial charge on any atom is -0.456 e. The standard InChI is InChI=1S/C19H21NO/c1-5-19(3,4)16-7-9-17(10-8-16)21-18-11-6-14(2)12-15(18)13-20/h6-12H,5H2,1-4H3. The summed E-state index contributed by atoms with van der Waals surface area (Å²) in [6.07, 6.45) is 1.09. The van der Waals surface area contributed by atoms with Crippen LogP contribution in [0.4, 0.5) is 0 Å². The number of benzene rings is 2. The maximum Gasteiger partial charge on any atom is 0.145 e. The van der Waals surface area contributed by atoms with Crippen LogP contribution in [0.1, 0.15) is 43.9 Å². The molecule has 21 heavy (non-hydrogen) atoms. The van der Waals surface area contributed by atoms with E-state index in [1.165, 1.54) is 5.56 Å². The Balaban J connectivity index is 2.24. The second-order valence-corrected chi connectivity index (χ2v) is 5.98. The third-order valence-corrected chi connectivity index (χ3v) is 4.00. The molecule has 0 amide bonds. The second kappa shape index (κ2) is 6.01. The Kier molecular flexibility index (Phi) is 4.33. The highest BCUT2D eigenvalue weighted by Gasteiger charge is 2.17. The smallest absolute Gasteiger partial charge is 0.145 e. The van der Waals surface area contributed by atoms with E-state index in [4.69, 9.17) is 4.74 Å². The third-order valence-electron chi connectivity index (χ3n) is 4.00. The summed E-state index contributed by atoms with van der Waals surface area (Å²) in [5.41, 5.74) is 3.08. The Morgan fingerprint density at radius 3 is 2.33 bits per heavy atom. The summed E-state index contributed by atoms with van der Waals surface area (Å²) in [4.78, 5) is 0. The molecule has 2 rings (SSSR count). The van der Waals surface area contributed by atoms with Crippen LogP contribution in [0.2, 0.25) is 0 Å². The van der Waals surface area contributed by atoms with Crippen LogP contribution in [0.15, 0.2) is 42.5 Å². The fourth-order valence-electron chi connectivity index (χ4n) is 2.13. The fourth-order valence-corrected chi connectivity index (χ4v) is 2.13. The summed E-state index contributed by atoms with van der Waals surface area (Å²) < 4.78 is 5.83. The van der Waals surface area contributed by atoms with Crippen LogP contribution in [0.5, 0.6) is 11.5 Å². The van der Waals surface area contributed by atoms with Crippen LogP contribution < -0.4 is 4.74 Å².